The van der Waals surface area contributed by atoms with Crippen molar-refractivity contribution in [3.8, 4) is 0 Å². The van der Waals surface area contributed by atoms with Gasteiger partial charge in [0.2, 0.25) is 5.91 Å². The molecule has 7 heteroatoms. The summed E-state index contributed by atoms with van der Waals surface area (Å²) in [6.07, 6.45) is 1.97. The summed E-state index contributed by atoms with van der Waals surface area (Å²) < 4.78 is 13.2. The summed E-state index contributed by atoms with van der Waals surface area (Å²) >= 11 is 0. The maximum absolute atomic E-state index is 13.2. The number of carbonyl (C=O) groups excluding carboxylic acids is 3. The van der Waals surface area contributed by atoms with Crippen LogP contribution >= 0.6 is 0 Å². The number of amides is 3. The van der Waals surface area contributed by atoms with Gasteiger partial charge in [-0.3, -0.25) is 14.4 Å². The van der Waals surface area contributed by atoms with Gasteiger partial charge in [-0.15, -0.1) is 0 Å². The Morgan fingerprint density at radius 2 is 1.59 bits per heavy atom. The Balaban J connectivity index is 1.69. The zero-order valence-electron chi connectivity index (χ0n) is 18.5. The number of hydrogen-bond acceptors (Lipinski definition) is 3. The summed E-state index contributed by atoms with van der Waals surface area (Å²) in [6, 6.07) is 13.6. The molecule has 32 heavy (non-hydrogen) atoms. The summed E-state index contributed by atoms with van der Waals surface area (Å²) in [6.45, 7) is 4.92. The molecule has 0 aromatic heterocycles. The van der Waals surface area contributed by atoms with Crippen LogP contribution in [0.1, 0.15) is 53.8 Å². The van der Waals surface area contributed by atoms with Crippen molar-refractivity contribution in [2.75, 3.05) is 13.1 Å². The van der Waals surface area contributed by atoms with E-state index in [4.69, 9.17) is 0 Å². The van der Waals surface area contributed by atoms with Crippen molar-refractivity contribution in [3.05, 3.63) is 71.5 Å². The van der Waals surface area contributed by atoms with E-state index < -0.39 is 17.8 Å². The van der Waals surface area contributed by atoms with Crippen LogP contribution in [0.4, 0.5) is 4.39 Å². The van der Waals surface area contributed by atoms with E-state index in [2.05, 4.69) is 10.6 Å². The maximum atomic E-state index is 13.2. The standard InChI is InChI=1S/C25H30FN3O3/c1-3-17(2)27-24(31)22(28-23(30)19-9-11-21(26)12-10-19)18-13-15-29(16-14-18)25(32)20-7-5-4-6-8-20/h4-12,17-18,22H,3,13-16H2,1-2H3,(H,27,31)(H,28,30)/t17-,22-/m0/s1. The van der Waals surface area contributed by atoms with Crippen molar-refractivity contribution in [3.63, 3.8) is 0 Å². The predicted molar refractivity (Wildman–Crippen MR) is 121 cm³/mol. The highest BCUT2D eigenvalue weighted by Crippen LogP contribution is 2.23. The highest BCUT2D eigenvalue weighted by molar-refractivity contribution is 5.97. The van der Waals surface area contributed by atoms with Gasteiger partial charge < -0.3 is 15.5 Å². The third kappa shape index (κ3) is 5.93. The number of piperidine rings is 1. The number of halogens is 1. The van der Waals surface area contributed by atoms with Crippen molar-refractivity contribution in [1.29, 1.82) is 0 Å². The van der Waals surface area contributed by atoms with Gasteiger partial charge in [-0.2, -0.15) is 0 Å². The van der Waals surface area contributed by atoms with Crippen LogP contribution in [-0.2, 0) is 4.79 Å². The molecule has 1 saturated heterocycles. The van der Waals surface area contributed by atoms with Gasteiger partial charge in [0.1, 0.15) is 11.9 Å². The molecular weight excluding hydrogens is 409 g/mol. The van der Waals surface area contributed by atoms with Gasteiger partial charge in [0.15, 0.2) is 0 Å². The van der Waals surface area contributed by atoms with E-state index in [0.717, 1.165) is 6.42 Å². The van der Waals surface area contributed by atoms with E-state index in [1.54, 1.807) is 17.0 Å². The van der Waals surface area contributed by atoms with Crippen LogP contribution in [0.3, 0.4) is 0 Å². The molecule has 2 aromatic carbocycles. The molecule has 1 heterocycles. The highest BCUT2D eigenvalue weighted by atomic mass is 19.1. The molecular formula is C25H30FN3O3. The number of likely N-dealkylation sites (tertiary alicyclic amines) is 1. The molecule has 0 spiro atoms. The molecule has 2 aromatic rings. The van der Waals surface area contributed by atoms with Crippen LogP contribution < -0.4 is 10.6 Å². The Bertz CT molecular complexity index is 925. The first-order valence-electron chi connectivity index (χ1n) is 11.1. The first-order valence-corrected chi connectivity index (χ1v) is 11.1. The zero-order chi connectivity index (χ0) is 23.1. The minimum Gasteiger partial charge on any atom is -0.352 e. The summed E-state index contributed by atoms with van der Waals surface area (Å²) in [4.78, 5) is 40.3. The molecule has 0 radical (unpaired) electrons. The molecule has 1 fully saturated rings. The number of rotatable bonds is 7. The average Bonchev–Trinajstić information content (AvgIpc) is 2.82. The van der Waals surface area contributed by atoms with Crippen molar-refractivity contribution in [2.24, 2.45) is 5.92 Å². The fourth-order valence-corrected chi connectivity index (χ4v) is 3.86. The Morgan fingerprint density at radius 3 is 2.19 bits per heavy atom. The summed E-state index contributed by atoms with van der Waals surface area (Å²) in [7, 11) is 0. The molecule has 170 valence electrons. The molecule has 1 aliphatic rings. The van der Waals surface area contributed by atoms with Crippen molar-refractivity contribution in [1.82, 2.24) is 15.5 Å². The molecule has 2 atom stereocenters. The second-order valence-electron chi connectivity index (χ2n) is 8.27. The third-order valence-corrected chi connectivity index (χ3v) is 6.00. The molecule has 0 aliphatic carbocycles. The molecule has 0 unspecified atom stereocenters. The highest BCUT2D eigenvalue weighted by Gasteiger charge is 2.34. The fraction of sp³-hybridized carbons (Fsp3) is 0.400. The number of nitrogens with one attached hydrogen (secondary N) is 2. The zero-order valence-corrected chi connectivity index (χ0v) is 18.5. The van der Waals surface area contributed by atoms with Gasteiger partial charge in [0, 0.05) is 30.3 Å². The van der Waals surface area contributed by atoms with E-state index >= 15 is 0 Å². The van der Waals surface area contributed by atoms with Crippen LogP contribution in [0.15, 0.2) is 54.6 Å². The Hall–Kier alpha value is -3.22. The van der Waals surface area contributed by atoms with E-state index in [0.29, 0.717) is 37.1 Å². The van der Waals surface area contributed by atoms with Gasteiger partial charge in [-0.05, 0) is 68.5 Å². The quantitative estimate of drug-likeness (QED) is 0.694. The Kier molecular flexibility index (Phi) is 7.98. The average molecular weight is 440 g/mol. The fourth-order valence-electron chi connectivity index (χ4n) is 3.86. The smallest absolute Gasteiger partial charge is 0.253 e. The van der Waals surface area contributed by atoms with Gasteiger partial charge in [0.05, 0.1) is 0 Å². The number of hydrogen-bond donors (Lipinski definition) is 2. The normalized spacial score (nSPS) is 16.2. The molecule has 1 aliphatic heterocycles. The Labute approximate surface area is 188 Å². The van der Waals surface area contributed by atoms with Crippen LogP contribution in [0.2, 0.25) is 0 Å². The van der Waals surface area contributed by atoms with E-state index in [1.807, 2.05) is 32.0 Å². The lowest BCUT2D eigenvalue weighted by molar-refractivity contribution is -0.125. The Morgan fingerprint density at radius 1 is 0.969 bits per heavy atom. The molecule has 0 bridgehead atoms. The number of nitrogens with zero attached hydrogens (tertiary/aromatic N) is 1. The summed E-state index contributed by atoms with van der Waals surface area (Å²) in [5, 5.41) is 5.81. The first-order chi connectivity index (χ1) is 15.4. The summed E-state index contributed by atoms with van der Waals surface area (Å²) in [5.41, 5.74) is 0.936. The van der Waals surface area contributed by atoms with Crippen LogP contribution in [0.25, 0.3) is 0 Å². The number of carbonyl (C=O) groups is 3. The predicted octanol–water partition coefficient (Wildman–Crippen LogP) is 3.39. The first kappa shape index (κ1) is 23.4. The second kappa shape index (κ2) is 10.9. The van der Waals surface area contributed by atoms with Gasteiger partial charge in [0.25, 0.3) is 11.8 Å². The minimum absolute atomic E-state index is 0.0209. The summed E-state index contributed by atoms with van der Waals surface area (Å²) in [5.74, 6) is -1.22. The van der Waals surface area contributed by atoms with E-state index in [9.17, 15) is 18.8 Å². The van der Waals surface area contributed by atoms with Gasteiger partial charge >= 0.3 is 0 Å². The number of benzene rings is 2. The molecule has 3 rings (SSSR count). The lowest BCUT2D eigenvalue weighted by atomic mass is 9.88. The van der Waals surface area contributed by atoms with Crippen molar-refractivity contribution in [2.45, 2.75) is 45.2 Å². The minimum atomic E-state index is -0.726. The lowest BCUT2D eigenvalue weighted by Crippen LogP contribution is -2.55. The lowest BCUT2D eigenvalue weighted by Gasteiger charge is -2.36. The van der Waals surface area contributed by atoms with Crippen LogP contribution in [0.5, 0.6) is 0 Å². The molecule has 0 saturated carbocycles. The topological polar surface area (TPSA) is 78.5 Å². The van der Waals surface area contributed by atoms with E-state index in [-0.39, 0.29) is 23.8 Å². The second-order valence-corrected chi connectivity index (χ2v) is 8.27. The van der Waals surface area contributed by atoms with Crippen molar-refractivity contribution < 1.29 is 18.8 Å². The van der Waals surface area contributed by atoms with Crippen LogP contribution in [0, 0.1) is 11.7 Å². The molecule has 6 nitrogen and oxygen atoms in total. The van der Waals surface area contributed by atoms with Crippen molar-refractivity contribution >= 4 is 17.7 Å². The monoisotopic (exact) mass is 439 g/mol. The largest absolute Gasteiger partial charge is 0.352 e. The molecule has 2 N–H and O–H groups in total. The SMILES string of the molecule is CC[C@H](C)NC(=O)[C@@H](NC(=O)c1ccc(F)cc1)C1CCN(C(=O)c2ccccc2)CC1. The third-order valence-electron chi connectivity index (χ3n) is 6.00. The van der Waals surface area contributed by atoms with E-state index in [1.165, 1.54) is 24.3 Å². The van der Waals surface area contributed by atoms with Gasteiger partial charge in [-0.25, -0.2) is 4.39 Å². The molecule has 3 amide bonds. The van der Waals surface area contributed by atoms with Crippen LogP contribution in [-0.4, -0.2) is 47.8 Å². The maximum Gasteiger partial charge on any atom is 0.253 e. The van der Waals surface area contributed by atoms with Gasteiger partial charge in [-0.1, -0.05) is 25.1 Å².